The zero-order valence-electron chi connectivity index (χ0n) is 16.9. The Balaban J connectivity index is 2.36. The van der Waals surface area contributed by atoms with Gasteiger partial charge in [-0.2, -0.15) is 4.31 Å². The fourth-order valence-corrected chi connectivity index (χ4v) is 4.83. The summed E-state index contributed by atoms with van der Waals surface area (Å²) in [6, 6.07) is 2.94. The van der Waals surface area contributed by atoms with Crippen molar-refractivity contribution in [2.75, 3.05) is 19.3 Å². The van der Waals surface area contributed by atoms with Crippen molar-refractivity contribution in [1.82, 2.24) is 4.31 Å². The van der Waals surface area contributed by atoms with Crippen molar-refractivity contribution in [3.8, 4) is 5.75 Å². The third kappa shape index (κ3) is 5.07. The molecule has 1 aliphatic rings. The molecule has 0 radical (unpaired) electrons. The number of sulfonamides is 1. The van der Waals surface area contributed by atoms with E-state index in [-0.39, 0.29) is 29.6 Å². The molecule has 2 rings (SSSR count). The number of hydrogen-bond donors (Lipinski definition) is 0. The summed E-state index contributed by atoms with van der Waals surface area (Å²) in [5.74, 6) is -0.922. The Hall–Kier alpha value is -1.56. The van der Waals surface area contributed by atoms with Crippen LogP contribution in [0.5, 0.6) is 5.75 Å². The standard InChI is InChI=1S/C17H27FN2O6SSi/c1-17(2,3)28(5,6)26-16-11-19(27(4,23)24)10-15(16)25-14-9-12(18)7-8-13(14)20(21)22/h7-9,15-16H,10-11H2,1-6H3. The van der Waals surface area contributed by atoms with Crippen molar-refractivity contribution < 1.29 is 26.9 Å². The summed E-state index contributed by atoms with van der Waals surface area (Å²) in [7, 11) is -5.78. The van der Waals surface area contributed by atoms with Crippen LogP contribution in [0.1, 0.15) is 20.8 Å². The predicted octanol–water partition coefficient (Wildman–Crippen LogP) is 3.15. The molecule has 0 aromatic heterocycles. The van der Waals surface area contributed by atoms with Gasteiger partial charge < -0.3 is 9.16 Å². The summed E-state index contributed by atoms with van der Waals surface area (Å²) in [6.45, 7) is 10.3. The molecule has 1 saturated heterocycles. The van der Waals surface area contributed by atoms with E-state index in [0.717, 1.165) is 24.5 Å². The zero-order chi connectivity index (χ0) is 21.5. The Morgan fingerprint density at radius 3 is 2.32 bits per heavy atom. The molecule has 11 heteroatoms. The highest BCUT2D eigenvalue weighted by Gasteiger charge is 2.46. The molecule has 1 aromatic rings. The first kappa shape index (κ1) is 22.7. The van der Waals surface area contributed by atoms with Crippen LogP contribution < -0.4 is 4.74 Å². The van der Waals surface area contributed by atoms with Gasteiger partial charge in [-0.1, -0.05) is 20.8 Å². The Kier molecular flexibility index (Phi) is 6.24. The summed E-state index contributed by atoms with van der Waals surface area (Å²) in [4.78, 5) is 10.6. The van der Waals surface area contributed by atoms with E-state index in [2.05, 4.69) is 20.8 Å². The minimum absolute atomic E-state index is 0.0220. The van der Waals surface area contributed by atoms with Gasteiger partial charge in [0, 0.05) is 18.7 Å². The maximum Gasteiger partial charge on any atom is 0.311 e. The highest BCUT2D eigenvalue weighted by atomic mass is 32.2. The molecule has 1 aromatic carbocycles. The topological polar surface area (TPSA) is 99.0 Å². The van der Waals surface area contributed by atoms with Crippen LogP contribution in [0.3, 0.4) is 0 Å². The van der Waals surface area contributed by atoms with Gasteiger partial charge in [0.2, 0.25) is 10.0 Å². The quantitative estimate of drug-likeness (QED) is 0.387. The van der Waals surface area contributed by atoms with E-state index in [4.69, 9.17) is 9.16 Å². The number of halogens is 1. The number of nitro benzene ring substituents is 1. The van der Waals surface area contributed by atoms with Crippen molar-refractivity contribution in [3.05, 3.63) is 34.1 Å². The molecule has 0 bridgehead atoms. The number of nitrogens with zero attached hydrogens (tertiary/aromatic N) is 2. The predicted molar refractivity (Wildman–Crippen MR) is 106 cm³/mol. The second-order valence-electron chi connectivity index (χ2n) is 8.52. The molecule has 0 amide bonds. The van der Waals surface area contributed by atoms with Gasteiger partial charge in [0.15, 0.2) is 14.1 Å². The molecular weight excluding hydrogens is 407 g/mol. The first-order valence-electron chi connectivity index (χ1n) is 8.85. The van der Waals surface area contributed by atoms with E-state index in [1.807, 2.05) is 13.1 Å². The van der Waals surface area contributed by atoms with Crippen molar-refractivity contribution in [2.24, 2.45) is 0 Å². The molecule has 28 heavy (non-hydrogen) atoms. The highest BCUT2D eigenvalue weighted by Crippen LogP contribution is 2.39. The van der Waals surface area contributed by atoms with Crippen LogP contribution in [-0.4, -0.2) is 57.5 Å². The van der Waals surface area contributed by atoms with Crippen LogP contribution in [0.15, 0.2) is 18.2 Å². The lowest BCUT2D eigenvalue weighted by Gasteiger charge is -2.39. The minimum atomic E-state index is -3.51. The van der Waals surface area contributed by atoms with Gasteiger partial charge in [0.25, 0.3) is 0 Å². The number of rotatable bonds is 6. The summed E-state index contributed by atoms with van der Waals surface area (Å²) in [6.07, 6.45) is -0.313. The van der Waals surface area contributed by atoms with E-state index in [9.17, 15) is 22.9 Å². The van der Waals surface area contributed by atoms with Crippen molar-refractivity contribution in [1.29, 1.82) is 0 Å². The zero-order valence-corrected chi connectivity index (χ0v) is 18.7. The fraction of sp³-hybridized carbons (Fsp3) is 0.647. The molecule has 0 spiro atoms. The second-order valence-corrected chi connectivity index (χ2v) is 15.3. The molecule has 2 atom stereocenters. The lowest BCUT2D eigenvalue weighted by atomic mass is 10.2. The Bertz CT molecular complexity index is 856. The summed E-state index contributed by atoms with van der Waals surface area (Å²) >= 11 is 0. The normalized spacial score (nSPS) is 21.7. The number of ether oxygens (including phenoxy) is 1. The Morgan fingerprint density at radius 1 is 1.25 bits per heavy atom. The number of hydrogen-bond acceptors (Lipinski definition) is 6. The van der Waals surface area contributed by atoms with Crippen molar-refractivity contribution >= 4 is 24.0 Å². The minimum Gasteiger partial charge on any atom is -0.479 e. The average molecular weight is 435 g/mol. The third-order valence-electron chi connectivity index (χ3n) is 5.30. The van der Waals surface area contributed by atoms with E-state index >= 15 is 0 Å². The molecule has 0 N–H and O–H groups in total. The molecular formula is C17H27FN2O6SSi. The molecule has 1 aliphatic heterocycles. The second kappa shape index (κ2) is 7.69. The van der Waals surface area contributed by atoms with E-state index in [0.29, 0.717) is 0 Å². The molecule has 0 saturated carbocycles. The maximum absolute atomic E-state index is 13.6. The van der Waals surface area contributed by atoms with Gasteiger partial charge in [-0.25, -0.2) is 12.8 Å². The molecule has 1 heterocycles. The first-order valence-corrected chi connectivity index (χ1v) is 13.6. The van der Waals surface area contributed by atoms with Gasteiger partial charge in [0.1, 0.15) is 11.9 Å². The lowest BCUT2D eigenvalue weighted by Crippen LogP contribution is -2.48. The average Bonchev–Trinajstić information content (AvgIpc) is 2.88. The molecule has 1 fully saturated rings. The lowest BCUT2D eigenvalue weighted by molar-refractivity contribution is -0.386. The maximum atomic E-state index is 13.6. The van der Waals surface area contributed by atoms with E-state index in [1.54, 1.807) is 0 Å². The summed E-state index contributed by atoms with van der Waals surface area (Å²) in [5.41, 5.74) is -0.384. The first-order chi connectivity index (χ1) is 12.6. The van der Waals surface area contributed by atoms with Gasteiger partial charge in [0.05, 0.1) is 23.8 Å². The van der Waals surface area contributed by atoms with Crippen LogP contribution in [0.2, 0.25) is 18.1 Å². The van der Waals surface area contributed by atoms with Crippen molar-refractivity contribution in [2.45, 2.75) is 51.1 Å². The molecule has 2 unspecified atom stereocenters. The summed E-state index contributed by atoms with van der Waals surface area (Å²) < 4.78 is 51.0. The monoisotopic (exact) mass is 434 g/mol. The largest absolute Gasteiger partial charge is 0.479 e. The highest BCUT2D eigenvalue weighted by molar-refractivity contribution is 7.88. The number of benzene rings is 1. The van der Waals surface area contributed by atoms with Crippen LogP contribution >= 0.6 is 0 Å². The van der Waals surface area contributed by atoms with Crippen molar-refractivity contribution in [3.63, 3.8) is 0 Å². The van der Waals surface area contributed by atoms with Crippen LogP contribution in [0.4, 0.5) is 10.1 Å². The van der Waals surface area contributed by atoms with Gasteiger partial charge in [-0.3, -0.25) is 10.1 Å². The van der Waals surface area contributed by atoms with Gasteiger partial charge >= 0.3 is 5.69 Å². The Labute approximate surface area is 166 Å². The van der Waals surface area contributed by atoms with Crippen LogP contribution in [0, 0.1) is 15.9 Å². The van der Waals surface area contributed by atoms with Crippen LogP contribution in [-0.2, 0) is 14.4 Å². The SMILES string of the molecule is CC(C)(C)[Si](C)(C)OC1CN(S(C)(=O)=O)CC1Oc1cc(F)ccc1[N+](=O)[O-]. The summed E-state index contributed by atoms with van der Waals surface area (Å²) in [5, 5.41) is 11.1. The number of nitro groups is 1. The molecule has 158 valence electrons. The van der Waals surface area contributed by atoms with E-state index in [1.165, 1.54) is 4.31 Å². The van der Waals surface area contributed by atoms with Crippen LogP contribution in [0.25, 0.3) is 0 Å². The van der Waals surface area contributed by atoms with Gasteiger partial charge in [-0.05, 0) is 24.2 Å². The van der Waals surface area contributed by atoms with E-state index < -0.39 is 41.3 Å². The third-order valence-corrected chi connectivity index (χ3v) is 11.0. The molecule has 8 nitrogen and oxygen atoms in total. The van der Waals surface area contributed by atoms with Gasteiger partial charge in [-0.15, -0.1) is 0 Å². The fourth-order valence-electron chi connectivity index (χ4n) is 2.66. The smallest absolute Gasteiger partial charge is 0.311 e. The molecule has 0 aliphatic carbocycles. The Morgan fingerprint density at radius 2 is 1.82 bits per heavy atom.